The number of thioether (sulfide) groups is 1. The maximum Gasteiger partial charge on any atom is 0.337 e. The van der Waals surface area contributed by atoms with E-state index in [0.29, 0.717) is 11.3 Å². The number of methoxy groups -OCH3 is 1. The highest BCUT2D eigenvalue weighted by molar-refractivity contribution is 7.98. The number of fused-ring (bicyclic) bond motifs is 1. The minimum absolute atomic E-state index is 0.0811. The molecule has 2 N–H and O–H groups in total. The second-order valence-corrected chi connectivity index (χ2v) is 9.08. The van der Waals surface area contributed by atoms with Crippen LogP contribution in [0.3, 0.4) is 0 Å². The minimum Gasteiger partial charge on any atom is -0.465 e. The Morgan fingerprint density at radius 3 is 2.55 bits per heavy atom. The summed E-state index contributed by atoms with van der Waals surface area (Å²) < 4.78 is 30.2. The quantitative estimate of drug-likeness (QED) is 0.430. The summed E-state index contributed by atoms with van der Waals surface area (Å²) in [6, 6.07) is 12.0. The fourth-order valence-corrected chi connectivity index (χ4v) is 4.43. The molecule has 9 heteroatoms. The molecule has 0 aliphatic rings. The number of hydrogen-bond donors (Lipinski definition) is 1. The van der Waals surface area contributed by atoms with Crippen LogP contribution < -0.4 is 5.14 Å². The van der Waals surface area contributed by atoms with Crippen molar-refractivity contribution in [2.24, 2.45) is 5.14 Å². The van der Waals surface area contributed by atoms with Crippen LogP contribution in [-0.2, 0) is 27.1 Å². The van der Waals surface area contributed by atoms with Gasteiger partial charge < -0.3 is 9.30 Å². The van der Waals surface area contributed by atoms with Gasteiger partial charge in [0.2, 0.25) is 10.0 Å². The number of nitrogens with two attached hydrogens (primary N) is 1. The van der Waals surface area contributed by atoms with E-state index >= 15 is 0 Å². The molecular formula is C20H23N3O4S2. The van der Waals surface area contributed by atoms with Gasteiger partial charge in [0.05, 0.1) is 28.6 Å². The zero-order chi connectivity index (χ0) is 21.0. The number of unbranched alkanes of at least 4 members (excludes halogenated alkanes) is 1. The third-order valence-corrected chi connectivity index (χ3v) is 6.45. The van der Waals surface area contributed by atoms with Gasteiger partial charge in [-0.3, -0.25) is 0 Å². The van der Waals surface area contributed by atoms with E-state index in [4.69, 9.17) is 9.88 Å². The van der Waals surface area contributed by atoms with E-state index in [2.05, 4.69) is 11.9 Å². The lowest BCUT2D eigenvalue weighted by Crippen LogP contribution is -2.12. The second-order valence-electron chi connectivity index (χ2n) is 6.57. The van der Waals surface area contributed by atoms with Gasteiger partial charge in [-0.15, -0.1) is 0 Å². The Kier molecular flexibility index (Phi) is 6.61. The second kappa shape index (κ2) is 8.98. The Hall–Kier alpha value is -2.36. The van der Waals surface area contributed by atoms with Crippen LogP contribution in [0.25, 0.3) is 11.0 Å². The molecule has 0 unspecified atom stereocenters. The molecule has 0 amide bonds. The van der Waals surface area contributed by atoms with Crippen LogP contribution in [0.4, 0.5) is 0 Å². The topological polar surface area (TPSA) is 104 Å². The molecule has 29 heavy (non-hydrogen) atoms. The minimum atomic E-state index is -3.78. The fourth-order valence-electron chi connectivity index (χ4n) is 2.90. The SMILES string of the molecule is CCCCn1c(SCc2ccc(C(=O)OC)cc2)nc2ccc(S(N)(=O)=O)cc21. The van der Waals surface area contributed by atoms with Crippen molar-refractivity contribution in [1.82, 2.24) is 9.55 Å². The Balaban J connectivity index is 1.88. The first-order valence-electron chi connectivity index (χ1n) is 9.16. The lowest BCUT2D eigenvalue weighted by molar-refractivity contribution is 0.0600. The van der Waals surface area contributed by atoms with Gasteiger partial charge in [-0.1, -0.05) is 37.2 Å². The van der Waals surface area contributed by atoms with Gasteiger partial charge in [0.1, 0.15) is 0 Å². The number of sulfonamides is 1. The van der Waals surface area contributed by atoms with Crippen LogP contribution in [0, 0.1) is 0 Å². The average molecular weight is 434 g/mol. The van der Waals surface area contributed by atoms with Crippen LogP contribution in [0.15, 0.2) is 52.5 Å². The van der Waals surface area contributed by atoms with Crippen LogP contribution in [-0.4, -0.2) is 31.0 Å². The van der Waals surface area contributed by atoms with Crippen LogP contribution in [0.1, 0.15) is 35.7 Å². The maximum absolute atomic E-state index is 11.7. The first kappa shape index (κ1) is 21.4. The molecule has 3 aromatic rings. The van der Waals surface area contributed by atoms with Crippen LogP contribution in [0.2, 0.25) is 0 Å². The monoisotopic (exact) mass is 433 g/mol. The zero-order valence-electron chi connectivity index (χ0n) is 16.3. The van der Waals surface area contributed by atoms with E-state index < -0.39 is 10.0 Å². The standard InChI is InChI=1S/C20H23N3O4S2/c1-3-4-11-23-18-12-16(29(21,25)26)9-10-17(18)22-20(23)28-13-14-5-7-15(8-6-14)19(24)27-2/h5-10,12H,3-4,11,13H2,1-2H3,(H2,21,25,26). The number of hydrogen-bond acceptors (Lipinski definition) is 6. The molecule has 3 rings (SSSR count). The van der Waals surface area contributed by atoms with Gasteiger partial charge in [-0.25, -0.2) is 23.3 Å². The summed E-state index contributed by atoms with van der Waals surface area (Å²) in [4.78, 5) is 16.3. The number of aromatic nitrogens is 2. The Labute approximate surface area is 174 Å². The first-order valence-corrected chi connectivity index (χ1v) is 11.7. The van der Waals surface area contributed by atoms with Crippen molar-refractivity contribution in [2.75, 3.05) is 7.11 Å². The predicted octanol–water partition coefficient (Wildman–Crippen LogP) is 3.56. The number of carbonyl (C=O) groups is 1. The molecule has 1 heterocycles. The predicted molar refractivity (Wildman–Crippen MR) is 113 cm³/mol. The zero-order valence-corrected chi connectivity index (χ0v) is 17.9. The van der Waals surface area contributed by atoms with Crippen LogP contribution >= 0.6 is 11.8 Å². The fraction of sp³-hybridized carbons (Fsp3) is 0.300. The number of aryl methyl sites for hydroxylation is 1. The summed E-state index contributed by atoms with van der Waals surface area (Å²) >= 11 is 1.56. The van der Waals surface area contributed by atoms with Gasteiger partial charge >= 0.3 is 5.97 Å². The number of carbonyl (C=O) groups excluding carboxylic acids is 1. The van der Waals surface area contributed by atoms with Gasteiger partial charge in [-0.2, -0.15) is 0 Å². The van der Waals surface area contributed by atoms with E-state index in [1.54, 1.807) is 36.0 Å². The normalized spacial score (nSPS) is 11.7. The van der Waals surface area contributed by atoms with Crippen LogP contribution in [0.5, 0.6) is 0 Å². The van der Waals surface area contributed by atoms with Crippen molar-refractivity contribution >= 4 is 38.8 Å². The van der Waals surface area contributed by atoms with Crippen molar-refractivity contribution in [3.05, 3.63) is 53.6 Å². The molecule has 0 radical (unpaired) electrons. The highest BCUT2D eigenvalue weighted by atomic mass is 32.2. The van der Waals surface area contributed by atoms with Gasteiger partial charge in [-0.05, 0) is 42.3 Å². The first-order chi connectivity index (χ1) is 13.8. The molecule has 0 spiro atoms. The number of rotatable bonds is 8. The summed E-state index contributed by atoms with van der Waals surface area (Å²) in [5.74, 6) is 0.301. The van der Waals surface area contributed by atoms with Crippen molar-refractivity contribution in [1.29, 1.82) is 0 Å². The van der Waals surface area contributed by atoms with Crippen molar-refractivity contribution in [3.8, 4) is 0 Å². The Morgan fingerprint density at radius 2 is 1.93 bits per heavy atom. The molecule has 154 valence electrons. The highest BCUT2D eigenvalue weighted by Crippen LogP contribution is 2.29. The number of esters is 1. The molecule has 2 aromatic carbocycles. The number of imidazole rings is 1. The number of primary sulfonamides is 1. The molecule has 0 aliphatic heterocycles. The lowest BCUT2D eigenvalue weighted by Gasteiger charge is -2.09. The molecule has 0 atom stereocenters. The van der Waals surface area contributed by atoms with Gasteiger partial charge in [0.15, 0.2) is 5.16 Å². The number of benzene rings is 2. The van der Waals surface area contributed by atoms with E-state index in [1.807, 2.05) is 16.7 Å². The molecule has 0 saturated carbocycles. The molecular weight excluding hydrogens is 410 g/mol. The maximum atomic E-state index is 11.7. The van der Waals surface area contributed by atoms with Crippen molar-refractivity contribution < 1.29 is 17.9 Å². The van der Waals surface area contributed by atoms with Crippen molar-refractivity contribution in [2.45, 2.75) is 42.1 Å². The van der Waals surface area contributed by atoms with E-state index in [1.165, 1.54) is 13.2 Å². The molecule has 7 nitrogen and oxygen atoms in total. The molecule has 1 aromatic heterocycles. The lowest BCUT2D eigenvalue weighted by atomic mass is 10.1. The molecule has 0 fully saturated rings. The summed E-state index contributed by atoms with van der Waals surface area (Å²) in [7, 11) is -2.42. The summed E-state index contributed by atoms with van der Waals surface area (Å²) in [5, 5.41) is 6.10. The third-order valence-electron chi connectivity index (χ3n) is 4.49. The number of ether oxygens (including phenoxy) is 1. The Morgan fingerprint density at radius 1 is 1.21 bits per heavy atom. The van der Waals surface area contributed by atoms with E-state index in [-0.39, 0.29) is 10.9 Å². The molecule has 0 aliphatic carbocycles. The molecule has 0 saturated heterocycles. The summed E-state index contributed by atoms with van der Waals surface area (Å²) in [6.07, 6.45) is 1.96. The van der Waals surface area contributed by atoms with Crippen molar-refractivity contribution in [3.63, 3.8) is 0 Å². The Bertz CT molecular complexity index is 1120. The van der Waals surface area contributed by atoms with E-state index in [0.717, 1.165) is 41.1 Å². The molecule has 0 bridgehead atoms. The highest BCUT2D eigenvalue weighted by Gasteiger charge is 2.15. The smallest absolute Gasteiger partial charge is 0.337 e. The summed E-state index contributed by atoms with van der Waals surface area (Å²) in [6.45, 7) is 2.84. The van der Waals surface area contributed by atoms with Gasteiger partial charge in [0.25, 0.3) is 0 Å². The number of nitrogens with zero attached hydrogens (tertiary/aromatic N) is 2. The largest absolute Gasteiger partial charge is 0.465 e. The average Bonchev–Trinajstić information content (AvgIpc) is 3.06. The third kappa shape index (κ3) is 4.98. The van der Waals surface area contributed by atoms with Gasteiger partial charge in [0, 0.05) is 12.3 Å². The summed E-state index contributed by atoms with van der Waals surface area (Å²) in [5.41, 5.74) is 3.04. The van der Waals surface area contributed by atoms with E-state index in [9.17, 15) is 13.2 Å².